The number of piperazine rings is 1. The third-order valence-electron chi connectivity index (χ3n) is 4.17. The van der Waals surface area contributed by atoms with E-state index in [1.165, 1.54) is 16.4 Å². The van der Waals surface area contributed by atoms with Crippen LogP contribution in [0.15, 0.2) is 29.2 Å². The summed E-state index contributed by atoms with van der Waals surface area (Å²) < 4.78 is 39.4. The van der Waals surface area contributed by atoms with Gasteiger partial charge in [0.2, 0.25) is 10.0 Å². The molecule has 0 saturated carbocycles. The lowest BCUT2D eigenvalue weighted by atomic mass is 10.2. The molecule has 0 bridgehead atoms. The second-order valence-electron chi connectivity index (χ2n) is 5.63. The molecule has 1 aliphatic rings. The Hall–Kier alpha value is -1.51. The molecule has 0 unspecified atom stereocenters. The van der Waals surface area contributed by atoms with Crippen LogP contribution in [0.2, 0.25) is 0 Å². The molecule has 1 saturated heterocycles. The van der Waals surface area contributed by atoms with Gasteiger partial charge >= 0.3 is 0 Å². The summed E-state index contributed by atoms with van der Waals surface area (Å²) >= 11 is 0. The van der Waals surface area contributed by atoms with Crippen LogP contribution in [0.1, 0.15) is 13.8 Å². The molecule has 0 radical (unpaired) electrons. The Bertz CT molecular complexity index is 640. The van der Waals surface area contributed by atoms with E-state index in [1.54, 1.807) is 0 Å². The Morgan fingerprint density at radius 2 is 1.87 bits per heavy atom. The number of likely N-dealkylation sites (N-methyl/N-ethyl adjacent to an activating group) is 1. The van der Waals surface area contributed by atoms with Gasteiger partial charge in [-0.15, -0.1) is 0 Å². The van der Waals surface area contributed by atoms with E-state index < -0.39 is 15.8 Å². The lowest BCUT2D eigenvalue weighted by Crippen LogP contribution is -3.19. The number of carbonyl (C=O) groups is 1. The molecule has 128 valence electrons. The fraction of sp³-hybridized carbons (Fsp3) is 0.533. The number of hydrogen-bond donors (Lipinski definition) is 2. The highest BCUT2D eigenvalue weighted by Gasteiger charge is 2.34. The fourth-order valence-corrected chi connectivity index (χ4v) is 4.16. The first-order chi connectivity index (χ1) is 10.9. The van der Waals surface area contributed by atoms with Crippen LogP contribution in [0.4, 0.5) is 4.39 Å². The summed E-state index contributed by atoms with van der Waals surface area (Å²) in [5.41, 5.74) is 0. The molecule has 1 heterocycles. The molecule has 1 amide bonds. The van der Waals surface area contributed by atoms with Crippen molar-refractivity contribution in [3.63, 3.8) is 0 Å². The van der Waals surface area contributed by atoms with E-state index in [4.69, 9.17) is 0 Å². The van der Waals surface area contributed by atoms with Gasteiger partial charge in [0.1, 0.15) is 5.82 Å². The van der Waals surface area contributed by atoms with Gasteiger partial charge in [-0.3, -0.25) is 4.79 Å². The van der Waals surface area contributed by atoms with Crippen molar-refractivity contribution >= 4 is 15.9 Å². The van der Waals surface area contributed by atoms with Gasteiger partial charge in [-0.05, 0) is 38.1 Å². The number of quaternary nitrogens is 1. The van der Waals surface area contributed by atoms with E-state index in [-0.39, 0.29) is 16.8 Å². The van der Waals surface area contributed by atoms with Crippen molar-refractivity contribution in [2.75, 3.05) is 32.7 Å². The monoisotopic (exact) mass is 344 g/mol. The number of hydrogen-bond acceptors (Lipinski definition) is 3. The Morgan fingerprint density at radius 1 is 1.30 bits per heavy atom. The maximum absolute atomic E-state index is 12.9. The van der Waals surface area contributed by atoms with Crippen LogP contribution < -0.4 is 10.2 Å². The molecule has 1 fully saturated rings. The summed E-state index contributed by atoms with van der Waals surface area (Å²) in [7, 11) is -3.61. The lowest BCUT2D eigenvalue weighted by molar-refractivity contribution is -0.917. The summed E-state index contributed by atoms with van der Waals surface area (Å²) in [5.74, 6) is -0.480. The van der Waals surface area contributed by atoms with Crippen LogP contribution in [0.3, 0.4) is 0 Å². The molecule has 1 aliphatic heterocycles. The highest BCUT2D eigenvalue weighted by Crippen LogP contribution is 2.16. The average Bonchev–Trinajstić information content (AvgIpc) is 2.55. The van der Waals surface area contributed by atoms with Gasteiger partial charge in [0.05, 0.1) is 31.1 Å². The fourth-order valence-electron chi connectivity index (χ4n) is 2.72. The quantitative estimate of drug-likeness (QED) is 0.738. The average molecular weight is 344 g/mol. The van der Waals surface area contributed by atoms with Crippen LogP contribution in [0.5, 0.6) is 0 Å². The molecule has 0 aromatic heterocycles. The summed E-state index contributed by atoms with van der Waals surface area (Å²) in [6.07, 6.45) is 0. The number of sulfonamides is 1. The van der Waals surface area contributed by atoms with E-state index in [1.807, 2.05) is 13.8 Å². The largest absolute Gasteiger partial charge is 0.351 e. The molecule has 1 atom stereocenters. The summed E-state index contributed by atoms with van der Waals surface area (Å²) in [5, 5.41) is 2.79. The zero-order chi connectivity index (χ0) is 17.0. The second-order valence-corrected chi connectivity index (χ2v) is 7.57. The number of amides is 1. The molecule has 1 aromatic rings. The second kappa shape index (κ2) is 7.37. The molecule has 0 spiro atoms. The minimum absolute atomic E-state index is 0.0164. The number of halogens is 1. The summed E-state index contributed by atoms with van der Waals surface area (Å²) in [4.78, 5) is 13.0. The van der Waals surface area contributed by atoms with Crippen LogP contribution in [0, 0.1) is 5.82 Å². The van der Waals surface area contributed by atoms with E-state index in [2.05, 4.69) is 5.32 Å². The predicted molar refractivity (Wildman–Crippen MR) is 84.0 cm³/mol. The van der Waals surface area contributed by atoms with Crippen molar-refractivity contribution in [3.05, 3.63) is 30.1 Å². The van der Waals surface area contributed by atoms with E-state index in [0.29, 0.717) is 32.7 Å². The topological polar surface area (TPSA) is 70.9 Å². The first kappa shape index (κ1) is 17.8. The standard InChI is InChI=1S/C15H22FN3O3S/c1-3-17-15(20)12(2)18-8-10-19(11-9-18)23(21,22)14-6-4-13(16)5-7-14/h4-7,12H,3,8-11H2,1-2H3,(H,17,20)/p+1/t12-/m0/s1. The molecular formula is C15H23FN3O3S+. The van der Waals surface area contributed by atoms with E-state index >= 15 is 0 Å². The van der Waals surface area contributed by atoms with Crippen molar-refractivity contribution in [1.82, 2.24) is 9.62 Å². The third-order valence-corrected chi connectivity index (χ3v) is 6.09. The van der Waals surface area contributed by atoms with Gasteiger partial charge in [0.15, 0.2) is 6.04 Å². The molecule has 0 aliphatic carbocycles. The van der Waals surface area contributed by atoms with Crippen molar-refractivity contribution in [1.29, 1.82) is 0 Å². The van der Waals surface area contributed by atoms with Gasteiger partial charge in [-0.25, -0.2) is 12.8 Å². The normalized spacial score (nSPS) is 18.6. The zero-order valence-electron chi connectivity index (χ0n) is 13.4. The van der Waals surface area contributed by atoms with Gasteiger partial charge in [-0.2, -0.15) is 4.31 Å². The van der Waals surface area contributed by atoms with Crippen LogP contribution >= 0.6 is 0 Å². The minimum atomic E-state index is -3.61. The molecular weight excluding hydrogens is 321 g/mol. The van der Waals surface area contributed by atoms with Crippen LogP contribution in [-0.2, 0) is 14.8 Å². The highest BCUT2D eigenvalue weighted by atomic mass is 32.2. The molecule has 1 aromatic carbocycles. The molecule has 2 rings (SSSR count). The molecule has 8 heteroatoms. The minimum Gasteiger partial charge on any atom is -0.351 e. The van der Waals surface area contributed by atoms with Gasteiger partial charge in [0, 0.05) is 6.54 Å². The van der Waals surface area contributed by atoms with Gasteiger partial charge in [0.25, 0.3) is 5.91 Å². The molecule has 6 nitrogen and oxygen atoms in total. The maximum atomic E-state index is 12.9. The number of nitrogens with one attached hydrogen (secondary N) is 2. The highest BCUT2D eigenvalue weighted by molar-refractivity contribution is 7.89. The van der Waals surface area contributed by atoms with Crippen LogP contribution in [0.25, 0.3) is 0 Å². The summed E-state index contributed by atoms with van der Waals surface area (Å²) in [6.45, 7) is 6.13. The Kier molecular flexibility index (Phi) is 5.72. The van der Waals surface area contributed by atoms with Crippen molar-refractivity contribution in [2.24, 2.45) is 0 Å². The third kappa shape index (κ3) is 4.07. The van der Waals surface area contributed by atoms with Crippen LogP contribution in [-0.4, -0.2) is 57.4 Å². The number of nitrogens with zero attached hydrogens (tertiary/aromatic N) is 1. The Labute approximate surface area is 136 Å². The van der Waals surface area contributed by atoms with E-state index in [0.717, 1.165) is 17.0 Å². The zero-order valence-corrected chi connectivity index (χ0v) is 14.2. The smallest absolute Gasteiger partial charge is 0.278 e. The van der Waals surface area contributed by atoms with Crippen molar-refractivity contribution in [2.45, 2.75) is 24.8 Å². The molecule has 2 N–H and O–H groups in total. The first-order valence-corrected chi connectivity index (χ1v) is 9.18. The van der Waals surface area contributed by atoms with E-state index in [9.17, 15) is 17.6 Å². The van der Waals surface area contributed by atoms with Gasteiger partial charge < -0.3 is 10.2 Å². The van der Waals surface area contributed by atoms with Gasteiger partial charge in [-0.1, -0.05) is 0 Å². The Morgan fingerprint density at radius 3 is 2.39 bits per heavy atom. The predicted octanol–water partition coefficient (Wildman–Crippen LogP) is -0.760. The first-order valence-electron chi connectivity index (χ1n) is 7.74. The number of rotatable bonds is 5. The summed E-state index contributed by atoms with van der Waals surface area (Å²) in [6, 6.07) is 4.64. The number of benzene rings is 1. The maximum Gasteiger partial charge on any atom is 0.278 e. The Balaban J connectivity index is 2.01. The number of carbonyl (C=O) groups excluding carboxylic acids is 1. The molecule has 23 heavy (non-hydrogen) atoms. The SMILES string of the molecule is CCNC(=O)[C@H](C)[NH+]1CCN(S(=O)(=O)c2ccc(F)cc2)CC1. The lowest BCUT2D eigenvalue weighted by Gasteiger charge is -2.34. The van der Waals surface area contributed by atoms with Crippen molar-refractivity contribution < 1.29 is 22.5 Å². The van der Waals surface area contributed by atoms with Crippen molar-refractivity contribution in [3.8, 4) is 0 Å².